The fraction of sp³-hybridized carbons (Fsp3) is 0.500. The average molecular weight is 196 g/mol. The van der Waals surface area contributed by atoms with Crippen molar-refractivity contribution >= 4 is 17.3 Å². The second-order valence-corrected chi connectivity index (χ2v) is 4.53. The smallest absolute Gasteiger partial charge is 0.306 e. The Bertz CT molecular complexity index is 329. The van der Waals surface area contributed by atoms with Crippen molar-refractivity contribution < 1.29 is 9.90 Å². The SMILES string of the molecule is CC(C(=O)O)C1CCc2ccsc21. The largest absolute Gasteiger partial charge is 0.481 e. The molecule has 1 aliphatic rings. The Morgan fingerprint density at radius 1 is 1.77 bits per heavy atom. The number of fused-ring (bicyclic) bond motifs is 1. The number of aliphatic carboxylic acids is 1. The van der Waals surface area contributed by atoms with Crippen LogP contribution >= 0.6 is 11.3 Å². The monoisotopic (exact) mass is 196 g/mol. The number of hydrogen-bond donors (Lipinski definition) is 1. The zero-order chi connectivity index (χ0) is 9.42. The fourth-order valence-corrected chi connectivity index (χ4v) is 3.17. The molecule has 1 heterocycles. The standard InChI is InChI=1S/C10H12O2S/c1-6(10(11)12)8-3-2-7-4-5-13-9(7)8/h4-6,8H,2-3H2,1H3,(H,11,12). The normalized spacial score (nSPS) is 22.7. The zero-order valence-electron chi connectivity index (χ0n) is 7.49. The molecule has 0 saturated carbocycles. The van der Waals surface area contributed by atoms with Gasteiger partial charge in [-0.1, -0.05) is 6.92 Å². The second kappa shape index (κ2) is 3.14. The van der Waals surface area contributed by atoms with Crippen molar-refractivity contribution in [3.05, 3.63) is 21.9 Å². The van der Waals surface area contributed by atoms with Crippen molar-refractivity contribution in [3.63, 3.8) is 0 Å². The maximum atomic E-state index is 10.8. The molecule has 0 fully saturated rings. The minimum atomic E-state index is -0.675. The summed E-state index contributed by atoms with van der Waals surface area (Å²) in [7, 11) is 0. The summed E-state index contributed by atoms with van der Waals surface area (Å²) in [6.45, 7) is 1.81. The molecule has 2 unspecified atom stereocenters. The highest BCUT2D eigenvalue weighted by Crippen LogP contribution is 2.41. The van der Waals surface area contributed by atoms with Crippen LogP contribution in [-0.4, -0.2) is 11.1 Å². The van der Waals surface area contributed by atoms with Gasteiger partial charge < -0.3 is 5.11 Å². The fourth-order valence-electron chi connectivity index (χ4n) is 1.97. The molecule has 13 heavy (non-hydrogen) atoms. The molecule has 70 valence electrons. The van der Waals surface area contributed by atoms with Crippen LogP contribution < -0.4 is 0 Å². The molecule has 2 nitrogen and oxygen atoms in total. The number of rotatable bonds is 2. The molecular weight excluding hydrogens is 184 g/mol. The Balaban J connectivity index is 2.25. The van der Waals surface area contributed by atoms with Crippen molar-refractivity contribution in [2.24, 2.45) is 5.92 Å². The molecule has 0 amide bonds. The third-order valence-corrected chi connectivity index (χ3v) is 3.93. The molecule has 1 aliphatic carbocycles. The van der Waals surface area contributed by atoms with E-state index in [1.54, 1.807) is 11.3 Å². The van der Waals surface area contributed by atoms with Crippen molar-refractivity contribution in [1.29, 1.82) is 0 Å². The third-order valence-electron chi connectivity index (χ3n) is 2.84. The third kappa shape index (κ3) is 1.37. The van der Waals surface area contributed by atoms with Gasteiger partial charge in [-0.3, -0.25) is 4.79 Å². The Morgan fingerprint density at radius 2 is 2.54 bits per heavy atom. The molecule has 1 aromatic rings. The van der Waals surface area contributed by atoms with Gasteiger partial charge in [0.05, 0.1) is 5.92 Å². The van der Waals surface area contributed by atoms with E-state index in [4.69, 9.17) is 5.11 Å². The van der Waals surface area contributed by atoms with Gasteiger partial charge in [-0.2, -0.15) is 0 Å². The lowest BCUT2D eigenvalue weighted by Crippen LogP contribution is -2.16. The predicted octanol–water partition coefficient (Wildman–Crippen LogP) is 2.50. The highest BCUT2D eigenvalue weighted by atomic mass is 32.1. The first-order valence-electron chi connectivity index (χ1n) is 4.49. The topological polar surface area (TPSA) is 37.3 Å². The lowest BCUT2D eigenvalue weighted by atomic mass is 9.93. The Labute approximate surface area is 81.2 Å². The summed E-state index contributed by atoms with van der Waals surface area (Å²) in [6.07, 6.45) is 2.07. The summed E-state index contributed by atoms with van der Waals surface area (Å²) in [4.78, 5) is 12.1. The highest BCUT2D eigenvalue weighted by molar-refractivity contribution is 7.10. The summed E-state index contributed by atoms with van der Waals surface area (Å²) in [6, 6.07) is 2.12. The molecule has 1 N–H and O–H groups in total. The zero-order valence-corrected chi connectivity index (χ0v) is 8.30. The van der Waals surface area contributed by atoms with Gasteiger partial charge in [0.25, 0.3) is 0 Å². The van der Waals surface area contributed by atoms with Crippen LogP contribution in [0.4, 0.5) is 0 Å². The van der Waals surface area contributed by atoms with Gasteiger partial charge in [-0.25, -0.2) is 0 Å². The summed E-state index contributed by atoms with van der Waals surface area (Å²) in [5, 5.41) is 11.0. The van der Waals surface area contributed by atoms with Gasteiger partial charge >= 0.3 is 5.97 Å². The van der Waals surface area contributed by atoms with Gasteiger partial charge in [-0.05, 0) is 29.9 Å². The first kappa shape index (κ1) is 8.75. The predicted molar refractivity (Wildman–Crippen MR) is 52.2 cm³/mol. The second-order valence-electron chi connectivity index (χ2n) is 3.58. The van der Waals surface area contributed by atoms with E-state index >= 15 is 0 Å². The van der Waals surface area contributed by atoms with Crippen molar-refractivity contribution in [2.75, 3.05) is 0 Å². The number of carboxylic acid groups (broad SMARTS) is 1. The molecule has 2 atom stereocenters. The lowest BCUT2D eigenvalue weighted by molar-refractivity contribution is -0.141. The van der Waals surface area contributed by atoms with Gasteiger partial charge in [0.15, 0.2) is 0 Å². The van der Waals surface area contributed by atoms with Crippen LogP contribution in [0.15, 0.2) is 11.4 Å². The minimum Gasteiger partial charge on any atom is -0.481 e. The van der Waals surface area contributed by atoms with E-state index in [0.717, 1.165) is 12.8 Å². The molecule has 0 aliphatic heterocycles. The van der Waals surface area contributed by atoms with Crippen LogP contribution in [0.1, 0.15) is 29.7 Å². The Morgan fingerprint density at radius 3 is 3.23 bits per heavy atom. The summed E-state index contributed by atoms with van der Waals surface area (Å²) >= 11 is 1.70. The first-order valence-corrected chi connectivity index (χ1v) is 5.37. The van der Waals surface area contributed by atoms with E-state index in [1.807, 2.05) is 6.92 Å². The Kier molecular flexibility index (Phi) is 2.12. The maximum Gasteiger partial charge on any atom is 0.306 e. The van der Waals surface area contributed by atoms with Crippen LogP contribution in [0.25, 0.3) is 0 Å². The van der Waals surface area contributed by atoms with Crippen LogP contribution in [0.3, 0.4) is 0 Å². The molecule has 0 saturated heterocycles. The molecular formula is C10H12O2S. The van der Waals surface area contributed by atoms with E-state index in [1.165, 1.54) is 10.4 Å². The van der Waals surface area contributed by atoms with Crippen molar-refractivity contribution in [3.8, 4) is 0 Å². The van der Waals surface area contributed by atoms with Gasteiger partial charge in [0.2, 0.25) is 0 Å². The quantitative estimate of drug-likeness (QED) is 0.789. The van der Waals surface area contributed by atoms with E-state index in [-0.39, 0.29) is 11.8 Å². The number of hydrogen-bond acceptors (Lipinski definition) is 2. The van der Waals surface area contributed by atoms with Crippen molar-refractivity contribution in [1.82, 2.24) is 0 Å². The molecule has 0 radical (unpaired) electrons. The van der Waals surface area contributed by atoms with E-state index in [0.29, 0.717) is 0 Å². The maximum absolute atomic E-state index is 10.8. The summed E-state index contributed by atoms with van der Waals surface area (Å²) < 4.78 is 0. The van der Waals surface area contributed by atoms with Gasteiger partial charge in [0, 0.05) is 10.8 Å². The van der Waals surface area contributed by atoms with Crippen LogP contribution in [0.5, 0.6) is 0 Å². The van der Waals surface area contributed by atoms with Crippen molar-refractivity contribution in [2.45, 2.75) is 25.7 Å². The van der Waals surface area contributed by atoms with E-state index in [9.17, 15) is 4.79 Å². The Hall–Kier alpha value is -0.830. The van der Waals surface area contributed by atoms with Crippen LogP contribution in [0.2, 0.25) is 0 Å². The minimum absolute atomic E-state index is 0.236. The van der Waals surface area contributed by atoms with Crippen LogP contribution in [-0.2, 0) is 11.2 Å². The highest BCUT2D eigenvalue weighted by Gasteiger charge is 2.31. The molecule has 0 aromatic carbocycles. The number of thiophene rings is 1. The first-order chi connectivity index (χ1) is 6.20. The van der Waals surface area contributed by atoms with Gasteiger partial charge in [-0.15, -0.1) is 11.3 Å². The van der Waals surface area contributed by atoms with E-state index in [2.05, 4.69) is 11.4 Å². The lowest BCUT2D eigenvalue weighted by Gasteiger charge is -2.13. The summed E-state index contributed by atoms with van der Waals surface area (Å²) in [5.74, 6) is -0.654. The number of aryl methyl sites for hydroxylation is 1. The molecule has 0 spiro atoms. The molecule has 0 bridgehead atoms. The van der Waals surface area contributed by atoms with Gasteiger partial charge in [0.1, 0.15) is 0 Å². The molecule has 3 heteroatoms. The van der Waals surface area contributed by atoms with Crippen LogP contribution in [0, 0.1) is 5.92 Å². The number of carbonyl (C=O) groups is 1. The average Bonchev–Trinajstić information content (AvgIpc) is 2.61. The molecule has 1 aromatic heterocycles. The van der Waals surface area contributed by atoms with E-state index < -0.39 is 5.97 Å². The number of carboxylic acids is 1. The summed E-state index contributed by atoms with van der Waals surface area (Å²) in [5.41, 5.74) is 1.36. The molecule has 2 rings (SSSR count).